The van der Waals surface area contributed by atoms with Gasteiger partial charge in [0, 0.05) is 36.8 Å². The van der Waals surface area contributed by atoms with Crippen molar-refractivity contribution < 1.29 is 4.79 Å². The Bertz CT molecular complexity index is 649. The lowest BCUT2D eigenvalue weighted by atomic mass is 9.98. The summed E-state index contributed by atoms with van der Waals surface area (Å²) in [5.74, 6) is 1.01. The number of aromatic nitrogens is 3. The molecule has 5 nitrogen and oxygen atoms in total. The van der Waals surface area contributed by atoms with Crippen LogP contribution in [0.15, 0.2) is 24.1 Å². The van der Waals surface area contributed by atoms with E-state index in [1.807, 2.05) is 22.6 Å². The SMILES string of the molecule is CC(C)c1csc(C2CCCN(C(=O)C(C)n3ccnc3)C2)n1. The van der Waals surface area contributed by atoms with Gasteiger partial charge in [-0.25, -0.2) is 9.97 Å². The van der Waals surface area contributed by atoms with Crippen LogP contribution in [0.2, 0.25) is 0 Å². The van der Waals surface area contributed by atoms with Crippen molar-refractivity contribution in [2.45, 2.75) is 51.5 Å². The van der Waals surface area contributed by atoms with E-state index in [-0.39, 0.29) is 11.9 Å². The topological polar surface area (TPSA) is 51.0 Å². The number of piperidine rings is 1. The van der Waals surface area contributed by atoms with Crippen molar-refractivity contribution in [1.29, 1.82) is 0 Å². The highest BCUT2D eigenvalue weighted by Gasteiger charge is 2.29. The maximum Gasteiger partial charge on any atom is 0.245 e. The van der Waals surface area contributed by atoms with E-state index in [0.717, 1.165) is 25.9 Å². The minimum absolute atomic E-state index is 0.174. The maximum absolute atomic E-state index is 12.7. The average Bonchev–Trinajstić information content (AvgIpc) is 3.25. The molecule has 0 spiro atoms. The van der Waals surface area contributed by atoms with Crippen molar-refractivity contribution in [3.63, 3.8) is 0 Å². The predicted molar refractivity (Wildman–Crippen MR) is 91.7 cm³/mol. The standard InChI is InChI=1S/C17H24N4OS/c1-12(2)15-10-23-16(19-15)14-5-4-7-20(9-14)17(22)13(3)21-8-6-18-11-21/h6,8,10-14H,4-5,7,9H2,1-3H3. The third-order valence-corrected chi connectivity index (χ3v) is 5.57. The van der Waals surface area contributed by atoms with Crippen molar-refractivity contribution >= 4 is 17.2 Å². The largest absolute Gasteiger partial charge is 0.340 e. The zero-order chi connectivity index (χ0) is 16.4. The predicted octanol–water partition coefficient (Wildman–Crippen LogP) is 3.43. The highest BCUT2D eigenvalue weighted by Crippen LogP contribution is 2.31. The maximum atomic E-state index is 12.7. The van der Waals surface area contributed by atoms with Crippen LogP contribution in [0.3, 0.4) is 0 Å². The van der Waals surface area contributed by atoms with Crippen LogP contribution >= 0.6 is 11.3 Å². The Labute approximate surface area is 141 Å². The van der Waals surface area contributed by atoms with Crippen LogP contribution in [-0.2, 0) is 4.79 Å². The molecule has 0 aliphatic carbocycles. The van der Waals surface area contributed by atoms with Gasteiger partial charge in [0.1, 0.15) is 6.04 Å². The number of likely N-dealkylation sites (tertiary alicyclic amines) is 1. The van der Waals surface area contributed by atoms with E-state index in [0.29, 0.717) is 11.8 Å². The summed E-state index contributed by atoms with van der Waals surface area (Å²) in [4.78, 5) is 23.6. The van der Waals surface area contributed by atoms with Crippen molar-refractivity contribution in [1.82, 2.24) is 19.4 Å². The second kappa shape index (κ2) is 6.83. The molecule has 1 aliphatic heterocycles. The molecule has 2 unspecified atom stereocenters. The fourth-order valence-corrected chi connectivity index (χ4v) is 4.13. The molecule has 0 N–H and O–H groups in total. The lowest BCUT2D eigenvalue weighted by molar-refractivity contribution is -0.135. The zero-order valence-corrected chi connectivity index (χ0v) is 14.8. The summed E-state index contributed by atoms with van der Waals surface area (Å²) < 4.78 is 1.87. The lowest BCUT2D eigenvalue weighted by Crippen LogP contribution is -2.42. The average molecular weight is 332 g/mol. The number of thiazole rings is 1. The third kappa shape index (κ3) is 3.47. The van der Waals surface area contributed by atoms with Gasteiger partial charge in [-0.05, 0) is 25.7 Å². The van der Waals surface area contributed by atoms with Crippen LogP contribution in [-0.4, -0.2) is 38.4 Å². The number of hydrogen-bond acceptors (Lipinski definition) is 4. The first-order chi connectivity index (χ1) is 11.1. The van der Waals surface area contributed by atoms with E-state index in [9.17, 15) is 4.79 Å². The van der Waals surface area contributed by atoms with Crippen LogP contribution in [0, 0.1) is 0 Å². The Morgan fingerprint density at radius 2 is 2.22 bits per heavy atom. The molecule has 2 aromatic heterocycles. The highest BCUT2D eigenvalue weighted by molar-refractivity contribution is 7.09. The summed E-state index contributed by atoms with van der Waals surface area (Å²) in [7, 11) is 0. The van der Waals surface area contributed by atoms with E-state index in [2.05, 4.69) is 24.2 Å². The molecule has 0 saturated carbocycles. The minimum atomic E-state index is -0.196. The molecule has 0 bridgehead atoms. The fraction of sp³-hybridized carbons (Fsp3) is 0.588. The quantitative estimate of drug-likeness (QED) is 0.862. The Morgan fingerprint density at radius 1 is 1.39 bits per heavy atom. The van der Waals surface area contributed by atoms with E-state index < -0.39 is 0 Å². The summed E-state index contributed by atoms with van der Waals surface area (Å²) in [5.41, 5.74) is 1.17. The van der Waals surface area contributed by atoms with Gasteiger partial charge in [-0.3, -0.25) is 4.79 Å². The molecule has 3 rings (SSSR count). The van der Waals surface area contributed by atoms with E-state index >= 15 is 0 Å². The first-order valence-corrected chi connectivity index (χ1v) is 9.15. The number of rotatable bonds is 4. The van der Waals surface area contributed by atoms with E-state index in [1.165, 1.54) is 10.7 Å². The minimum Gasteiger partial charge on any atom is -0.340 e. The molecular formula is C17H24N4OS. The molecule has 1 amide bonds. The normalized spacial score (nSPS) is 20.0. The molecule has 6 heteroatoms. The smallest absolute Gasteiger partial charge is 0.245 e. The Balaban J connectivity index is 1.69. The molecule has 2 atom stereocenters. The Hall–Kier alpha value is -1.69. The van der Waals surface area contributed by atoms with Crippen LogP contribution in [0.25, 0.3) is 0 Å². The van der Waals surface area contributed by atoms with Gasteiger partial charge in [-0.2, -0.15) is 0 Å². The summed E-state index contributed by atoms with van der Waals surface area (Å²) in [6.07, 6.45) is 7.43. The van der Waals surface area contributed by atoms with Crippen LogP contribution in [0.1, 0.15) is 62.2 Å². The van der Waals surface area contributed by atoms with E-state index in [4.69, 9.17) is 4.98 Å². The van der Waals surface area contributed by atoms with Gasteiger partial charge in [0.2, 0.25) is 5.91 Å². The van der Waals surface area contributed by atoms with Crippen LogP contribution in [0.5, 0.6) is 0 Å². The van der Waals surface area contributed by atoms with Gasteiger partial charge in [0.15, 0.2) is 0 Å². The molecule has 0 radical (unpaired) electrons. The molecule has 124 valence electrons. The Morgan fingerprint density at radius 3 is 2.87 bits per heavy atom. The van der Waals surface area contributed by atoms with Gasteiger partial charge in [-0.15, -0.1) is 11.3 Å². The summed E-state index contributed by atoms with van der Waals surface area (Å²) >= 11 is 1.74. The lowest BCUT2D eigenvalue weighted by Gasteiger charge is -2.33. The molecule has 1 aliphatic rings. The number of imidazole rings is 1. The molecular weight excluding hydrogens is 308 g/mol. The van der Waals surface area contributed by atoms with Gasteiger partial charge in [-0.1, -0.05) is 13.8 Å². The molecule has 2 aromatic rings. The number of hydrogen-bond donors (Lipinski definition) is 0. The van der Waals surface area contributed by atoms with Crippen LogP contribution < -0.4 is 0 Å². The molecule has 23 heavy (non-hydrogen) atoms. The summed E-state index contributed by atoms with van der Waals surface area (Å²) in [6.45, 7) is 7.90. The molecule has 1 saturated heterocycles. The second-order valence-electron chi connectivity index (χ2n) is 6.57. The van der Waals surface area contributed by atoms with Gasteiger partial charge >= 0.3 is 0 Å². The number of carbonyl (C=O) groups excluding carboxylic acids is 1. The molecule has 3 heterocycles. The number of carbonyl (C=O) groups is 1. The van der Waals surface area contributed by atoms with E-state index in [1.54, 1.807) is 23.9 Å². The molecule has 0 aromatic carbocycles. The third-order valence-electron chi connectivity index (χ3n) is 4.54. The van der Waals surface area contributed by atoms with Gasteiger partial charge < -0.3 is 9.47 Å². The highest BCUT2D eigenvalue weighted by atomic mass is 32.1. The molecule has 1 fully saturated rings. The number of amides is 1. The van der Waals surface area contributed by atoms with Gasteiger partial charge in [0.25, 0.3) is 0 Å². The second-order valence-corrected chi connectivity index (χ2v) is 7.46. The van der Waals surface area contributed by atoms with Gasteiger partial charge in [0.05, 0.1) is 17.0 Å². The zero-order valence-electron chi connectivity index (χ0n) is 14.0. The van der Waals surface area contributed by atoms with Crippen LogP contribution in [0.4, 0.5) is 0 Å². The van der Waals surface area contributed by atoms with Crippen molar-refractivity contribution in [2.24, 2.45) is 0 Å². The Kier molecular flexibility index (Phi) is 4.80. The van der Waals surface area contributed by atoms with Crippen molar-refractivity contribution in [3.8, 4) is 0 Å². The number of nitrogens with zero attached hydrogens (tertiary/aromatic N) is 4. The van der Waals surface area contributed by atoms with Crippen molar-refractivity contribution in [2.75, 3.05) is 13.1 Å². The van der Waals surface area contributed by atoms with Crippen molar-refractivity contribution in [3.05, 3.63) is 34.8 Å². The monoisotopic (exact) mass is 332 g/mol. The fourth-order valence-electron chi connectivity index (χ4n) is 3.02. The first kappa shape index (κ1) is 16.2. The summed E-state index contributed by atoms with van der Waals surface area (Å²) in [5, 5.41) is 3.34. The summed E-state index contributed by atoms with van der Waals surface area (Å²) in [6, 6.07) is -0.196. The first-order valence-electron chi connectivity index (χ1n) is 8.27.